The van der Waals surface area contributed by atoms with Crippen molar-refractivity contribution in [2.24, 2.45) is 7.05 Å². The lowest BCUT2D eigenvalue weighted by Crippen LogP contribution is -1.95. The zero-order chi connectivity index (χ0) is 13.6. The third kappa shape index (κ3) is 1.91. The van der Waals surface area contributed by atoms with Gasteiger partial charge in [0.2, 0.25) is 0 Å². The van der Waals surface area contributed by atoms with E-state index in [4.69, 9.17) is 5.73 Å². The van der Waals surface area contributed by atoms with Gasteiger partial charge in [-0.3, -0.25) is 4.68 Å². The lowest BCUT2D eigenvalue weighted by Gasteiger charge is -2.03. The highest BCUT2D eigenvalue weighted by molar-refractivity contribution is 5.84. The standard InChI is InChI=1S/C13H10F2N4/c1-19-6-9-2-7(3-10(14)12(9)18-19)8-4-11(15)13(16)17-5-8/h2-6H,1H3,(H2,16,17). The molecule has 4 nitrogen and oxygen atoms in total. The van der Waals surface area contributed by atoms with Crippen LogP contribution < -0.4 is 5.73 Å². The Morgan fingerprint density at radius 2 is 1.84 bits per heavy atom. The topological polar surface area (TPSA) is 56.7 Å². The molecule has 19 heavy (non-hydrogen) atoms. The summed E-state index contributed by atoms with van der Waals surface area (Å²) in [4.78, 5) is 3.73. The number of hydrogen-bond acceptors (Lipinski definition) is 3. The van der Waals surface area contributed by atoms with Crippen molar-refractivity contribution in [2.45, 2.75) is 0 Å². The number of fused-ring (bicyclic) bond motifs is 1. The second-order valence-corrected chi connectivity index (χ2v) is 4.29. The summed E-state index contributed by atoms with van der Waals surface area (Å²) in [6, 6.07) is 4.28. The van der Waals surface area contributed by atoms with E-state index in [0.717, 1.165) is 0 Å². The maximum absolute atomic E-state index is 13.9. The van der Waals surface area contributed by atoms with Crippen molar-refractivity contribution >= 4 is 16.7 Å². The molecule has 0 atom stereocenters. The van der Waals surface area contributed by atoms with Gasteiger partial charge in [0.1, 0.15) is 5.52 Å². The number of aromatic nitrogens is 3. The number of pyridine rings is 1. The van der Waals surface area contributed by atoms with Crippen LogP contribution in [0.15, 0.2) is 30.6 Å². The molecule has 2 heterocycles. The van der Waals surface area contributed by atoms with Crippen LogP contribution in [0.25, 0.3) is 22.0 Å². The first-order valence-electron chi connectivity index (χ1n) is 5.59. The largest absolute Gasteiger partial charge is 0.381 e. The number of nitrogens with zero attached hydrogens (tertiary/aromatic N) is 3. The van der Waals surface area contributed by atoms with Crippen molar-refractivity contribution in [3.8, 4) is 11.1 Å². The highest BCUT2D eigenvalue weighted by Gasteiger charge is 2.10. The van der Waals surface area contributed by atoms with Gasteiger partial charge >= 0.3 is 0 Å². The van der Waals surface area contributed by atoms with Crippen molar-refractivity contribution < 1.29 is 8.78 Å². The van der Waals surface area contributed by atoms with Crippen LogP contribution >= 0.6 is 0 Å². The molecule has 0 radical (unpaired) electrons. The Morgan fingerprint density at radius 3 is 2.58 bits per heavy atom. The number of benzene rings is 1. The van der Waals surface area contributed by atoms with E-state index in [2.05, 4.69) is 10.1 Å². The Balaban J connectivity index is 2.21. The molecule has 0 aliphatic rings. The smallest absolute Gasteiger partial charge is 0.165 e. The first-order valence-corrected chi connectivity index (χ1v) is 5.59. The minimum Gasteiger partial charge on any atom is -0.381 e. The van der Waals surface area contributed by atoms with Gasteiger partial charge in [-0.15, -0.1) is 0 Å². The maximum atomic E-state index is 13.9. The molecule has 0 saturated carbocycles. The first kappa shape index (κ1) is 11.6. The third-order valence-corrected chi connectivity index (χ3v) is 2.88. The van der Waals surface area contributed by atoms with Crippen LogP contribution in [-0.4, -0.2) is 14.8 Å². The fourth-order valence-corrected chi connectivity index (χ4v) is 1.99. The predicted octanol–water partition coefficient (Wildman–Crippen LogP) is 2.50. The molecule has 0 fully saturated rings. The molecule has 0 spiro atoms. The van der Waals surface area contributed by atoms with Gasteiger partial charge in [-0.25, -0.2) is 13.8 Å². The van der Waals surface area contributed by atoms with Crippen molar-refractivity contribution in [1.82, 2.24) is 14.8 Å². The molecule has 0 aliphatic carbocycles. The minimum absolute atomic E-state index is 0.174. The van der Waals surface area contributed by atoms with Crippen LogP contribution in [0.2, 0.25) is 0 Å². The van der Waals surface area contributed by atoms with E-state index in [1.54, 1.807) is 19.3 Å². The summed E-state index contributed by atoms with van der Waals surface area (Å²) in [6.07, 6.45) is 3.11. The fraction of sp³-hybridized carbons (Fsp3) is 0.0769. The second-order valence-electron chi connectivity index (χ2n) is 4.29. The molecule has 96 valence electrons. The van der Waals surface area contributed by atoms with Crippen molar-refractivity contribution in [3.05, 3.63) is 42.2 Å². The second kappa shape index (κ2) is 4.01. The summed E-state index contributed by atoms with van der Waals surface area (Å²) < 4.78 is 28.8. The number of rotatable bonds is 1. The number of nitrogens with two attached hydrogens (primary N) is 1. The average molecular weight is 260 g/mol. The molecule has 1 aromatic carbocycles. The number of nitrogen functional groups attached to an aromatic ring is 1. The van der Waals surface area contributed by atoms with E-state index in [0.29, 0.717) is 16.5 Å². The molecule has 6 heteroatoms. The van der Waals surface area contributed by atoms with Crippen LogP contribution in [0, 0.1) is 11.6 Å². The predicted molar refractivity (Wildman–Crippen MR) is 68.3 cm³/mol. The Hall–Kier alpha value is -2.50. The van der Waals surface area contributed by atoms with Crippen LogP contribution in [0.5, 0.6) is 0 Å². The number of halogens is 2. The zero-order valence-corrected chi connectivity index (χ0v) is 10.1. The summed E-state index contributed by atoms with van der Waals surface area (Å²) in [7, 11) is 1.71. The molecule has 0 amide bonds. The SMILES string of the molecule is Cn1cc2cc(-c3cnc(N)c(F)c3)cc(F)c2n1. The fourth-order valence-electron chi connectivity index (χ4n) is 1.99. The van der Waals surface area contributed by atoms with Crippen molar-refractivity contribution in [3.63, 3.8) is 0 Å². The van der Waals surface area contributed by atoms with Crippen LogP contribution in [0.3, 0.4) is 0 Å². The lowest BCUT2D eigenvalue weighted by atomic mass is 10.1. The van der Waals surface area contributed by atoms with Gasteiger partial charge in [0.15, 0.2) is 17.5 Å². The average Bonchev–Trinajstić information content (AvgIpc) is 2.74. The van der Waals surface area contributed by atoms with E-state index in [1.807, 2.05) is 0 Å². The highest BCUT2D eigenvalue weighted by Crippen LogP contribution is 2.27. The summed E-state index contributed by atoms with van der Waals surface area (Å²) in [5.41, 5.74) is 6.60. The van der Waals surface area contributed by atoms with Crippen LogP contribution in [0.1, 0.15) is 0 Å². The van der Waals surface area contributed by atoms with Gasteiger partial charge in [-0.1, -0.05) is 0 Å². The van der Waals surface area contributed by atoms with Crippen molar-refractivity contribution in [2.75, 3.05) is 5.73 Å². The minimum atomic E-state index is -0.621. The molecular weight excluding hydrogens is 250 g/mol. The van der Waals surface area contributed by atoms with E-state index in [9.17, 15) is 8.78 Å². The van der Waals surface area contributed by atoms with Gasteiger partial charge < -0.3 is 5.73 Å². The zero-order valence-electron chi connectivity index (χ0n) is 10.1. The Labute approximate surface area is 107 Å². The van der Waals surface area contributed by atoms with Gasteiger partial charge in [0.25, 0.3) is 0 Å². The van der Waals surface area contributed by atoms with Gasteiger partial charge in [0.05, 0.1) is 0 Å². The van der Waals surface area contributed by atoms with Crippen molar-refractivity contribution in [1.29, 1.82) is 0 Å². The molecule has 0 unspecified atom stereocenters. The van der Waals surface area contributed by atoms with E-state index >= 15 is 0 Å². The summed E-state index contributed by atoms with van der Waals surface area (Å²) in [5.74, 6) is -1.25. The maximum Gasteiger partial charge on any atom is 0.165 e. The summed E-state index contributed by atoms with van der Waals surface area (Å²) in [5, 5.41) is 4.66. The van der Waals surface area contributed by atoms with Crippen LogP contribution in [0.4, 0.5) is 14.6 Å². The number of hydrogen-bond donors (Lipinski definition) is 1. The molecule has 0 bridgehead atoms. The molecule has 3 rings (SSSR count). The van der Waals surface area contributed by atoms with Gasteiger partial charge in [-0.2, -0.15) is 5.10 Å². The summed E-state index contributed by atoms with van der Waals surface area (Å²) >= 11 is 0. The molecule has 0 aliphatic heterocycles. The Kier molecular flexibility index (Phi) is 2.45. The Morgan fingerprint density at radius 1 is 1.11 bits per heavy atom. The quantitative estimate of drug-likeness (QED) is 0.731. The normalized spacial score (nSPS) is 11.1. The first-order chi connectivity index (χ1) is 9.04. The van der Waals surface area contributed by atoms with E-state index in [1.165, 1.54) is 23.0 Å². The molecule has 2 aromatic heterocycles. The highest BCUT2D eigenvalue weighted by atomic mass is 19.1. The van der Waals surface area contributed by atoms with E-state index < -0.39 is 11.6 Å². The van der Waals surface area contributed by atoms with Gasteiger partial charge in [-0.05, 0) is 23.8 Å². The summed E-state index contributed by atoms with van der Waals surface area (Å²) in [6.45, 7) is 0. The van der Waals surface area contributed by atoms with Crippen LogP contribution in [-0.2, 0) is 7.05 Å². The van der Waals surface area contributed by atoms with E-state index in [-0.39, 0.29) is 11.3 Å². The third-order valence-electron chi connectivity index (χ3n) is 2.88. The molecule has 2 N–H and O–H groups in total. The molecule has 3 aromatic rings. The molecular formula is C13H10F2N4. The van der Waals surface area contributed by atoms with Gasteiger partial charge in [0, 0.05) is 30.4 Å². The lowest BCUT2D eigenvalue weighted by molar-refractivity contribution is 0.627. The number of anilines is 1. The molecule has 0 saturated heterocycles. The number of aryl methyl sites for hydroxylation is 1. The monoisotopic (exact) mass is 260 g/mol. The Bertz CT molecular complexity index is 780.